The van der Waals surface area contributed by atoms with Gasteiger partial charge < -0.3 is 4.90 Å². The zero-order valence-electron chi connectivity index (χ0n) is 10.9. The molecule has 0 radical (unpaired) electrons. The van der Waals surface area contributed by atoms with Gasteiger partial charge in [-0.1, -0.05) is 0 Å². The third-order valence-electron chi connectivity index (χ3n) is 4.27. The van der Waals surface area contributed by atoms with Crippen molar-refractivity contribution in [2.24, 2.45) is 0 Å². The molecular formula is C13H19N3OS. The molecule has 0 aliphatic carbocycles. The van der Waals surface area contributed by atoms with Crippen molar-refractivity contribution >= 4 is 17.2 Å². The van der Waals surface area contributed by atoms with Gasteiger partial charge in [0, 0.05) is 30.6 Å². The van der Waals surface area contributed by atoms with Crippen molar-refractivity contribution < 1.29 is 4.79 Å². The van der Waals surface area contributed by atoms with Crippen LogP contribution in [0.25, 0.3) is 0 Å². The van der Waals surface area contributed by atoms with Gasteiger partial charge in [0.1, 0.15) is 5.69 Å². The molecule has 2 unspecified atom stereocenters. The fourth-order valence-electron chi connectivity index (χ4n) is 3.12. The standard InChI is InChI=1S/C13H19N3OS/c1-9-14-12(8-18-9)13(17)16-6-5-10-3-4-11(7-16)15(10)2/h8,10-11H,3-7H2,1-2H3. The maximum Gasteiger partial charge on any atom is 0.273 e. The van der Waals surface area contributed by atoms with Crippen LogP contribution in [0.4, 0.5) is 0 Å². The highest BCUT2D eigenvalue weighted by molar-refractivity contribution is 7.09. The van der Waals surface area contributed by atoms with Crippen molar-refractivity contribution in [1.29, 1.82) is 0 Å². The minimum absolute atomic E-state index is 0.111. The predicted octanol–water partition coefficient (Wildman–Crippen LogP) is 1.76. The van der Waals surface area contributed by atoms with E-state index in [4.69, 9.17) is 0 Å². The molecule has 3 heterocycles. The van der Waals surface area contributed by atoms with E-state index >= 15 is 0 Å². The van der Waals surface area contributed by atoms with Crippen LogP contribution in [0.15, 0.2) is 5.38 Å². The number of carbonyl (C=O) groups excluding carboxylic acids is 1. The lowest BCUT2D eigenvalue weighted by Crippen LogP contribution is -2.39. The molecule has 1 amide bonds. The van der Waals surface area contributed by atoms with Gasteiger partial charge in [0.15, 0.2) is 0 Å². The molecule has 2 atom stereocenters. The number of likely N-dealkylation sites (tertiary alicyclic amines) is 1. The van der Waals surface area contributed by atoms with E-state index < -0.39 is 0 Å². The van der Waals surface area contributed by atoms with Crippen LogP contribution in [0.2, 0.25) is 0 Å². The molecule has 2 saturated heterocycles. The summed E-state index contributed by atoms with van der Waals surface area (Å²) in [6, 6.07) is 1.21. The lowest BCUT2D eigenvalue weighted by molar-refractivity contribution is 0.0735. The number of hydrogen-bond acceptors (Lipinski definition) is 4. The number of thiazole rings is 1. The molecule has 0 saturated carbocycles. The molecular weight excluding hydrogens is 246 g/mol. The van der Waals surface area contributed by atoms with E-state index in [0.717, 1.165) is 24.5 Å². The summed E-state index contributed by atoms with van der Waals surface area (Å²) >= 11 is 1.55. The highest BCUT2D eigenvalue weighted by Gasteiger charge is 2.36. The number of carbonyl (C=O) groups is 1. The van der Waals surface area contributed by atoms with E-state index in [1.54, 1.807) is 11.3 Å². The zero-order valence-corrected chi connectivity index (χ0v) is 11.7. The number of aromatic nitrogens is 1. The second-order valence-electron chi connectivity index (χ2n) is 5.34. The number of fused-ring (bicyclic) bond motifs is 2. The Balaban J connectivity index is 1.75. The molecule has 0 spiro atoms. The highest BCUT2D eigenvalue weighted by atomic mass is 32.1. The lowest BCUT2D eigenvalue weighted by Gasteiger charge is -2.25. The lowest BCUT2D eigenvalue weighted by atomic mass is 10.1. The van der Waals surface area contributed by atoms with Crippen molar-refractivity contribution in [3.63, 3.8) is 0 Å². The largest absolute Gasteiger partial charge is 0.336 e. The summed E-state index contributed by atoms with van der Waals surface area (Å²) in [7, 11) is 2.20. The minimum Gasteiger partial charge on any atom is -0.336 e. The van der Waals surface area contributed by atoms with Gasteiger partial charge in [-0.05, 0) is 33.2 Å². The fourth-order valence-corrected chi connectivity index (χ4v) is 3.70. The molecule has 0 N–H and O–H groups in total. The van der Waals surface area contributed by atoms with Crippen LogP contribution in [-0.4, -0.2) is 52.9 Å². The molecule has 5 heteroatoms. The van der Waals surface area contributed by atoms with E-state index in [-0.39, 0.29) is 5.91 Å². The summed E-state index contributed by atoms with van der Waals surface area (Å²) in [5.74, 6) is 0.111. The van der Waals surface area contributed by atoms with Crippen LogP contribution >= 0.6 is 11.3 Å². The number of aryl methyl sites for hydroxylation is 1. The molecule has 1 aromatic heterocycles. The summed E-state index contributed by atoms with van der Waals surface area (Å²) < 4.78 is 0. The van der Waals surface area contributed by atoms with E-state index in [0.29, 0.717) is 17.8 Å². The monoisotopic (exact) mass is 265 g/mol. The molecule has 3 rings (SSSR count). The van der Waals surface area contributed by atoms with E-state index in [2.05, 4.69) is 16.9 Å². The Hall–Kier alpha value is -0.940. The quantitative estimate of drug-likeness (QED) is 0.776. The summed E-state index contributed by atoms with van der Waals surface area (Å²) in [5, 5.41) is 2.84. The van der Waals surface area contributed by atoms with Crippen LogP contribution in [0.3, 0.4) is 0 Å². The van der Waals surface area contributed by atoms with Crippen LogP contribution in [0.5, 0.6) is 0 Å². The second-order valence-corrected chi connectivity index (χ2v) is 6.40. The molecule has 1 aromatic rings. The first-order chi connectivity index (χ1) is 8.65. The number of likely N-dealkylation sites (N-methyl/N-ethyl adjacent to an activating group) is 1. The molecule has 2 aliphatic heterocycles. The van der Waals surface area contributed by atoms with Gasteiger partial charge >= 0.3 is 0 Å². The Kier molecular flexibility index (Phi) is 3.11. The number of hydrogen-bond donors (Lipinski definition) is 0. The Morgan fingerprint density at radius 3 is 2.89 bits per heavy atom. The van der Waals surface area contributed by atoms with Crippen LogP contribution in [0.1, 0.15) is 34.8 Å². The maximum absolute atomic E-state index is 12.4. The van der Waals surface area contributed by atoms with Gasteiger partial charge in [-0.3, -0.25) is 9.69 Å². The fraction of sp³-hybridized carbons (Fsp3) is 0.692. The van der Waals surface area contributed by atoms with Crippen molar-refractivity contribution in [3.8, 4) is 0 Å². The Morgan fingerprint density at radius 1 is 1.39 bits per heavy atom. The zero-order chi connectivity index (χ0) is 12.7. The Labute approximate surface area is 112 Å². The average Bonchev–Trinajstić information content (AvgIpc) is 2.84. The summed E-state index contributed by atoms with van der Waals surface area (Å²) in [4.78, 5) is 21.2. The number of rotatable bonds is 1. The van der Waals surface area contributed by atoms with Gasteiger partial charge in [-0.2, -0.15) is 0 Å². The van der Waals surface area contributed by atoms with Crippen LogP contribution in [0, 0.1) is 6.92 Å². The minimum atomic E-state index is 0.111. The van der Waals surface area contributed by atoms with Crippen molar-refractivity contribution in [2.75, 3.05) is 20.1 Å². The predicted molar refractivity (Wildman–Crippen MR) is 71.9 cm³/mol. The Morgan fingerprint density at radius 2 is 2.17 bits per heavy atom. The SMILES string of the molecule is Cc1nc(C(=O)N2CCC3CCC(C2)N3C)cs1. The number of amides is 1. The molecule has 2 fully saturated rings. The van der Waals surface area contributed by atoms with Crippen molar-refractivity contribution in [2.45, 2.75) is 38.3 Å². The van der Waals surface area contributed by atoms with Crippen LogP contribution < -0.4 is 0 Å². The third kappa shape index (κ3) is 2.06. The third-order valence-corrected chi connectivity index (χ3v) is 5.05. The smallest absolute Gasteiger partial charge is 0.273 e. The number of nitrogens with zero attached hydrogens (tertiary/aromatic N) is 3. The van der Waals surface area contributed by atoms with E-state index in [1.165, 1.54) is 12.8 Å². The van der Waals surface area contributed by atoms with Gasteiger partial charge in [0.2, 0.25) is 0 Å². The maximum atomic E-state index is 12.4. The molecule has 4 nitrogen and oxygen atoms in total. The molecule has 0 aromatic carbocycles. The first-order valence-electron chi connectivity index (χ1n) is 6.58. The van der Waals surface area contributed by atoms with Gasteiger partial charge in [-0.15, -0.1) is 11.3 Å². The average molecular weight is 265 g/mol. The summed E-state index contributed by atoms with van der Waals surface area (Å²) in [5.41, 5.74) is 0.623. The van der Waals surface area contributed by atoms with Gasteiger partial charge in [-0.25, -0.2) is 4.98 Å². The topological polar surface area (TPSA) is 36.4 Å². The highest BCUT2D eigenvalue weighted by Crippen LogP contribution is 2.29. The van der Waals surface area contributed by atoms with Gasteiger partial charge in [0.25, 0.3) is 5.91 Å². The molecule has 18 heavy (non-hydrogen) atoms. The van der Waals surface area contributed by atoms with Crippen LogP contribution in [-0.2, 0) is 0 Å². The summed E-state index contributed by atoms with van der Waals surface area (Å²) in [6.45, 7) is 3.68. The second kappa shape index (κ2) is 4.63. The van der Waals surface area contributed by atoms with E-state index in [1.807, 2.05) is 17.2 Å². The first kappa shape index (κ1) is 12.1. The molecule has 2 aliphatic rings. The molecule has 2 bridgehead atoms. The Bertz CT molecular complexity index is 459. The normalized spacial score (nSPS) is 28.4. The summed E-state index contributed by atoms with van der Waals surface area (Å²) in [6.07, 6.45) is 3.61. The van der Waals surface area contributed by atoms with E-state index in [9.17, 15) is 4.79 Å². The van der Waals surface area contributed by atoms with Gasteiger partial charge in [0.05, 0.1) is 5.01 Å². The first-order valence-corrected chi connectivity index (χ1v) is 7.46. The van der Waals surface area contributed by atoms with Crippen molar-refractivity contribution in [3.05, 3.63) is 16.1 Å². The molecule has 98 valence electrons. The van der Waals surface area contributed by atoms with Crippen molar-refractivity contribution in [1.82, 2.24) is 14.8 Å².